The van der Waals surface area contributed by atoms with Crippen LogP contribution in [0.5, 0.6) is 5.75 Å². The van der Waals surface area contributed by atoms with Crippen molar-refractivity contribution in [2.24, 2.45) is 0 Å². The predicted octanol–water partition coefficient (Wildman–Crippen LogP) is 3.62. The van der Waals surface area contributed by atoms with Gasteiger partial charge in [0.2, 0.25) is 5.91 Å². The van der Waals surface area contributed by atoms with Crippen molar-refractivity contribution in [1.82, 2.24) is 5.32 Å². The third kappa shape index (κ3) is 5.36. The molecule has 0 bridgehead atoms. The Morgan fingerprint density at radius 2 is 1.77 bits per heavy atom. The van der Waals surface area contributed by atoms with Gasteiger partial charge in [0.1, 0.15) is 5.75 Å². The van der Waals surface area contributed by atoms with Gasteiger partial charge >= 0.3 is 6.61 Å². The van der Waals surface area contributed by atoms with Crippen LogP contribution in [0.1, 0.15) is 11.1 Å². The zero-order valence-electron chi connectivity index (χ0n) is 11.7. The second kappa shape index (κ2) is 7.93. The fraction of sp³-hybridized carbons (Fsp3) is 0.118. The van der Waals surface area contributed by atoms with E-state index < -0.39 is 6.61 Å². The van der Waals surface area contributed by atoms with Gasteiger partial charge in [-0.3, -0.25) is 4.79 Å². The molecule has 0 saturated carbocycles. The summed E-state index contributed by atoms with van der Waals surface area (Å²) in [6.07, 6.45) is 3.00. The minimum Gasteiger partial charge on any atom is -0.435 e. The van der Waals surface area contributed by atoms with Gasteiger partial charge in [-0.05, 0) is 29.3 Å². The topological polar surface area (TPSA) is 38.3 Å². The highest BCUT2D eigenvalue weighted by atomic mass is 19.3. The largest absolute Gasteiger partial charge is 0.435 e. The molecule has 1 amide bonds. The van der Waals surface area contributed by atoms with Gasteiger partial charge in [-0.1, -0.05) is 42.5 Å². The number of hydrogen-bond donors (Lipinski definition) is 1. The number of benzene rings is 2. The van der Waals surface area contributed by atoms with Crippen LogP contribution in [0.3, 0.4) is 0 Å². The van der Waals surface area contributed by atoms with Crippen LogP contribution in [-0.2, 0) is 11.3 Å². The summed E-state index contributed by atoms with van der Waals surface area (Å²) < 4.78 is 28.3. The number of carbonyl (C=O) groups is 1. The summed E-state index contributed by atoms with van der Waals surface area (Å²) in [4.78, 5) is 11.7. The number of halogens is 2. The summed E-state index contributed by atoms with van der Waals surface area (Å²) in [5, 5.41) is 2.76. The summed E-state index contributed by atoms with van der Waals surface area (Å²) in [5.41, 5.74) is 1.73. The van der Waals surface area contributed by atoms with Gasteiger partial charge in [-0.2, -0.15) is 8.78 Å². The summed E-state index contributed by atoms with van der Waals surface area (Å²) in [7, 11) is 0. The minimum absolute atomic E-state index is 0.0840. The quantitative estimate of drug-likeness (QED) is 0.828. The lowest BCUT2D eigenvalue weighted by Gasteiger charge is -2.04. The molecule has 0 atom stereocenters. The minimum atomic E-state index is -2.84. The maximum atomic E-state index is 12.0. The molecule has 114 valence electrons. The van der Waals surface area contributed by atoms with Crippen LogP contribution in [-0.4, -0.2) is 12.5 Å². The van der Waals surface area contributed by atoms with Crippen LogP contribution < -0.4 is 10.1 Å². The third-order valence-electron chi connectivity index (χ3n) is 2.84. The summed E-state index contributed by atoms with van der Waals surface area (Å²) >= 11 is 0. The van der Waals surface area contributed by atoms with Crippen molar-refractivity contribution in [2.45, 2.75) is 13.2 Å². The molecular weight excluding hydrogens is 288 g/mol. The number of nitrogens with one attached hydrogen (secondary N) is 1. The van der Waals surface area contributed by atoms with E-state index in [0.29, 0.717) is 6.54 Å². The molecule has 2 aromatic carbocycles. The molecule has 0 aliphatic rings. The van der Waals surface area contributed by atoms with E-state index in [1.54, 1.807) is 18.2 Å². The Morgan fingerprint density at radius 1 is 1.09 bits per heavy atom. The maximum Gasteiger partial charge on any atom is 0.387 e. The molecule has 2 aromatic rings. The Balaban J connectivity index is 1.84. The van der Waals surface area contributed by atoms with E-state index in [-0.39, 0.29) is 11.7 Å². The number of amides is 1. The van der Waals surface area contributed by atoms with Gasteiger partial charge in [0, 0.05) is 12.6 Å². The number of ether oxygens (including phenoxy) is 1. The average Bonchev–Trinajstić information content (AvgIpc) is 2.53. The van der Waals surface area contributed by atoms with E-state index in [9.17, 15) is 13.6 Å². The van der Waals surface area contributed by atoms with Crippen LogP contribution in [0.2, 0.25) is 0 Å². The van der Waals surface area contributed by atoms with Crippen molar-refractivity contribution in [3.8, 4) is 5.75 Å². The Kier molecular flexibility index (Phi) is 5.65. The van der Waals surface area contributed by atoms with Gasteiger partial charge < -0.3 is 10.1 Å². The van der Waals surface area contributed by atoms with E-state index in [0.717, 1.165) is 11.1 Å². The zero-order chi connectivity index (χ0) is 15.8. The van der Waals surface area contributed by atoms with E-state index in [2.05, 4.69) is 10.1 Å². The first-order valence-electron chi connectivity index (χ1n) is 6.68. The first kappa shape index (κ1) is 15.7. The Bertz CT molecular complexity index is 625. The standard InChI is InChI=1S/C17H15F2NO2/c18-17(19)22-15-9-6-13(7-10-15)8-11-16(21)20-12-14-4-2-1-3-5-14/h1-11,17H,12H2,(H,20,21)/b11-8+. The summed E-state index contributed by atoms with van der Waals surface area (Å²) in [5.74, 6) is -0.141. The molecule has 0 aliphatic carbocycles. The molecule has 5 heteroatoms. The molecule has 3 nitrogen and oxygen atoms in total. The molecule has 22 heavy (non-hydrogen) atoms. The highest BCUT2D eigenvalue weighted by molar-refractivity contribution is 5.91. The maximum absolute atomic E-state index is 12.0. The monoisotopic (exact) mass is 303 g/mol. The van der Waals surface area contributed by atoms with Crippen LogP contribution in [0.25, 0.3) is 6.08 Å². The normalized spacial score (nSPS) is 10.9. The van der Waals surface area contributed by atoms with Gasteiger partial charge in [0.25, 0.3) is 0 Å². The molecule has 0 aliphatic heterocycles. The molecule has 0 spiro atoms. The second-order valence-electron chi connectivity index (χ2n) is 4.48. The highest BCUT2D eigenvalue weighted by Gasteiger charge is 2.03. The van der Waals surface area contributed by atoms with Crippen molar-refractivity contribution in [3.63, 3.8) is 0 Å². The molecule has 0 heterocycles. The van der Waals surface area contributed by atoms with E-state index >= 15 is 0 Å². The second-order valence-corrected chi connectivity index (χ2v) is 4.48. The molecule has 0 radical (unpaired) electrons. The van der Waals surface area contributed by atoms with Gasteiger partial charge in [0.15, 0.2) is 0 Å². The lowest BCUT2D eigenvalue weighted by molar-refractivity contribution is -0.116. The molecule has 0 saturated heterocycles. The number of carbonyl (C=O) groups excluding carboxylic acids is 1. The summed E-state index contributed by atoms with van der Waals surface area (Å²) in [6, 6.07) is 15.6. The Hall–Kier alpha value is -2.69. The average molecular weight is 303 g/mol. The highest BCUT2D eigenvalue weighted by Crippen LogP contribution is 2.15. The fourth-order valence-corrected chi connectivity index (χ4v) is 1.78. The Morgan fingerprint density at radius 3 is 2.41 bits per heavy atom. The van der Waals surface area contributed by atoms with E-state index in [1.165, 1.54) is 18.2 Å². The van der Waals surface area contributed by atoms with Crippen molar-refractivity contribution < 1.29 is 18.3 Å². The van der Waals surface area contributed by atoms with Crippen LogP contribution in [0, 0.1) is 0 Å². The first-order chi connectivity index (χ1) is 10.6. The van der Waals surface area contributed by atoms with Gasteiger partial charge in [-0.25, -0.2) is 0 Å². The van der Waals surface area contributed by atoms with Crippen LogP contribution in [0.4, 0.5) is 8.78 Å². The summed E-state index contributed by atoms with van der Waals surface area (Å²) in [6.45, 7) is -2.39. The SMILES string of the molecule is O=C(/C=C/c1ccc(OC(F)F)cc1)NCc1ccccc1. The van der Waals surface area contributed by atoms with Gasteiger partial charge in [0.05, 0.1) is 0 Å². The molecule has 2 rings (SSSR count). The Labute approximate surface area is 127 Å². The molecular formula is C17H15F2NO2. The zero-order valence-corrected chi connectivity index (χ0v) is 11.7. The van der Waals surface area contributed by atoms with Crippen LogP contribution in [0.15, 0.2) is 60.7 Å². The van der Waals surface area contributed by atoms with Crippen molar-refractivity contribution in [3.05, 3.63) is 71.8 Å². The van der Waals surface area contributed by atoms with Crippen LogP contribution >= 0.6 is 0 Å². The smallest absolute Gasteiger partial charge is 0.387 e. The lowest BCUT2D eigenvalue weighted by Crippen LogP contribution is -2.20. The van der Waals surface area contributed by atoms with Crippen molar-refractivity contribution >= 4 is 12.0 Å². The first-order valence-corrected chi connectivity index (χ1v) is 6.68. The molecule has 1 N–H and O–H groups in total. The molecule has 0 fully saturated rings. The number of hydrogen-bond acceptors (Lipinski definition) is 2. The van der Waals surface area contributed by atoms with Crippen molar-refractivity contribution in [1.29, 1.82) is 0 Å². The number of rotatable bonds is 6. The van der Waals surface area contributed by atoms with E-state index in [1.807, 2.05) is 30.3 Å². The van der Waals surface area contributed by atoms with Crippen molar-refractivity contribution in [2.75, 3.05) is 0 Å². The van der Waals surface area contributed by atoms with Gasteiger partial charge in [-0.15, -0.1) is 0 Å². The third-order valence-corrected chi connectivity index (χ3v) is 2.84. The van der Waals surface area contributed by atoms with E-state index in [4.69, 9.17) is 0 Å². The fourth-order valence-electron chi connectivity index (χ4n) is 1.78. The number of alkyl halides is 2. The lowest BCUT2D eigenvalue weighted by atomic mass is 10.2. The predicted molar refractivity (Wildman–Crippen MR) is 80.4 cm³/mol. The molecule has 0 unspecified atom stereocenters. The molecule has 0 aromatic heterocycles.